The molecule has 1 aliphatic carbocycles. The molecule has 1 aliphatic heterocycles. The maximum Gasteiger partial charge on any atom is 0.191 e. The van der Waals surface area contributed by atoms with Gasteiger partial charge in [-0.1, -0.05) is 6.07 Å². The summed E-state index contributed by atoms with van der Waals surface area (Å²) in [6, 6.07) is 5.62. The zero-order valence-electron chi connectivity index (χ0n) is 14.4. The molecule has 0 aromatic carbocycles. The van der Waals surface area contributed by atoms with E-state index in [1.54, 1.807) is 0 Å². The average Bonchev–Trinajstić information content (AvgIpc) is 3.02. The first-order chi connectivity index (χ1) is 11.3. The second-order valence-electron chi connectivity index (χ2n) is 6.83. The fourth-order valence-corrected chi connectivity index (χ4v) is 4.62. The van der Waals surface area contributed by atoms with E-state index >= 15 is 0 Å². The predicted molar refractivity (Wildman–Crippen MR) is 99.2 cm³/mol. The Hall–Kier alpha value is -1.07. The molecule has 2 atom stereocenters. The van der Waals surface area contributed by atoms with E-state index in [4.69, 9.17) is 4.99 Å². The highest BCUT2D eigenvalue weighted by molar-refractivity contribution is 7.10. The zero-order chi connectivity index (χ0) is 16.1. The molecule has 1 saturated heterocycles. The lowest BCUT2D eigenvalue weighted by Crippen LogP contribution is -2.46. The molecule has 5 heteroatoms. The van der Waals surface area contributed by atoms with Crippen LogP contribution in [0.4, 0.5) is 0 Å². The first-order valence-corrected chi connectivity index (χ1v) is 9.94. The minimum absolute atomic E-state index is 0.527. The molecule has 1 aromatic heterocycles. The lowest BCUT2D eigenvalue weighted by molar-refractivity contribution is 0.128. The smallest absolute Gasteiger partial charge is 0.191 e. The third-order valence-electron chi connectivity index (χ3n) is 5.12. The summed E-state index contributed by atoms with van der Waals surface area (Å²) in [5.74, 6) is 1.62. The molecule has 1 saturated carbocycles. The van der Waals surface area contributed by atoms with Gasteiger partial charge in [0.15, 0.2) is 5.96 Å². The second-order valence-corrected chi connectivity index (χ2v) is 7.81. The van der Waals surface area contributed by atoms with E-state index in [-0.39, 0.29) is 0 Å². The molecular formula is C18H30N4S. The van der Waals surface area contributed by atoms with Gasteiger partial charge in [-0.05, 0) is 70.0 Å². The molecule has 2 N–H and O–H groups in total. The number of rotatable bonds is 5. The zero-order valence-corrected chi connectivity index (χ0v) is 15.2. The van der Waals surface area contributed by atoms with Crippen LogP contribution in [0.1, 0.15) is 49.9 Å². The van der Waals surface area contributed by atoms with Crippen molar-refractivity contribution in [3.63, 3.8) is 0 Å². The Morgan fingerprint density at radius 2 is 2.22 bits per heavy atom. The predicted octanol–water partition coefficient (Wildman–Crippen LogP) is 3.24. The van der Waals surface area contributed by atoms with E-state index in [9.17, 15) is 0 Å². The van der Waals surface area contributed by atoms with Crippen molar-refractivity contribution in [2.24, 2.45) is 10.9 Å². The molecule has 3 rings (SSSR count). The Morgan fingerprint density at radius 3 is 2.87 bits per heavy atom. The lowest BCUT2D eigenvalue weighted by Gasteiger charge is -2.38. The summed E-state index contributed by atoms with van der Waals surface area (Å²) in [7, 11) is 2.26. The van der Waals surface area contributed by atoms with Crippen LogP contribution in [0, 0.1) is 5.92 Å². The van der Waals surface area contributed by atoms with Crippen molar-refractivity contribution < 1.29 is 0 Å². The van der Waals surface area contributed by atoms with Gasteiger partial charge < -0.3 is 10.6 Å². The number of likely N-dealkylation sites (tertiary alicyclic amines) is 1. The summed E-state index contributed by atoms with van der Waals surface area (Å²) in [5.41, 5.74) is 0. The van der Waals surface area contributed by atoms with Crippen molar-refractivity contribution in [1.29, 1.82) is 0 Å². The molecule has 0 bridgehead atoms. The molecule has 2 heterocycles. The van der Waals surface area contributed by atoms with Crippen molar-refractivity contribution in [3.05, 3.63) is 22.4 Å². The third kappa shape index (κ3) is 4.27. The van der Waals surface area contributed by atoms with E-state index < -0.39 is 0 Å². The minimum Gasteiger partial charge on any atom is -0.357 e. The minimum atomic E-state index is 0.527. The summed E-state index contributed by atoms with van der Waals surface area (Å²) in [6.07, 6.45) is 6.48. The molecule has 0 radical (unpaired) electrons. The van der Waals surface area contributed by atoms with Crippen LogP contribution in [-0.4, -0.2) is 43.6 Å². The van der Waals surface area contributed by atoms with Crippen LogP contribution in [0.3, 0.4) is 0 Å². The normalized spacial score (nSPS) is 26.8. The van der Waals surface area contributed by atoms with Gasteiger partial charge >= 0.3 is 0 Å². The van der Waals surface area contributed by atoms with Gasteiger partial charge in [0.25, 0.3) is 0 Å². The van der Waals surface area contributed by atoms with Gasteiger partial charge in [-0.15, -0.1) is 11.3 Å². The Morgan fingerprint density at radius 1 is 1.35 bits per heavy atom. The van der Waals surface area contributed by atoms with Gasteiger partial charge in [0.2, 0.25) is 0 Å². The molecule has 23 heavy (non-hydrogen) atoms. The van der Waals surface area contributed by atoms with Crippen LogP contribution in [-0.2, 0) is 0 Å². The molecule has 0 amide bonds. The summed E-state index contributed by atoms with van der Waals surface area (Å²) >= 11 is 1.88. The maximum atomic E-state index is 4.93. The van der Waals surface area contributed by atoms with E-state index in [1.807, 2.05) is 11.3 Å². The average molecular weight is 335 g/mol. The number of nitrogens with one attached hydrogen (secondary N) is 2. The van der Waals surface area contributed by atoms with Crippen molar-refractivity contribution in [2.75, 3.05) is 26.7 Å². The Balaban J connectivity index is 1.66. The second kappa shape index (κ2) is 8.15. The summed E-state index contributed by atoms with van der Waals surface area (Å²) < 4.78 is 0. The number of thiophene rings is 1. The monoisotopic (exact) mass is 334 g/mol. The van der Waals surface area contributed by atoms with Gasteiger partial charge in [0, 0.05) is 30.1 Å². The number of hydrogen-bond acceptors (Lipinski definition) is 3. The van der Waals surface area contributed by atoms with Crippen molar-refractivity contribution >= 4 is 17.3 Å². The van der Waals surface area contributed by atoms with Crippen molar-refractivity contribution in [3.8, 4) is 0 Å². The fourth-order valence-electron chi connectivity index (χ4n) is 3.63. The van der Waals surface area contributed by atoms with E-state index in [2.05, 4.69) is 47.0 Å². The molecule has 4 nitrogen and oxygen atoms in total. The van der Waals surface area contributed by atoms with Crippen LogP contribution < -0.4 is 10.6 Å². The third-order valence-corrected chi connectivity index (χ3v) is 6.06. The highest BCUT2D eigenvalue weighted by Gasteiger charge is 2.31. The summed E-state index contributed by atoms with van der Waals surface area (Å²) in [5, 5.41) is 9.19. The SMILES string of the molecule is CCNC(=NCC1CCCN(C)C1c1cccs1)NC1CCC1. The molecule has 2 unspecified atom stereocenters. The molecule has 2 aliphatic rings. The number of nitrogens with zero attached hydrogens (tertiary/aromatic N) is 2. The van der Waals surface area contributed by atoms with Crippen molar-refractivity contribution in [1.82, 2.24) is 15.5 Å². The van der Waals surface area contributed by atoms with Crippen LogP contribution in [0.15, 0.2) is 22.5 Å². The Kier molecular flexibility index (Phi) is 5.95. The van der Waals surface area contributed by atoms with Gasteiger partial charge in [-0.25, -0.2) is 0 Å². The van der Waals surface area contributed by atoms with Crippen molar-refractivity contribution in [2.45, 2.75) is 51.1 Å². The molecular weight excluding hydrogens is 304 g/mol. The highest BCUT2D eigenvalue weighted by atomic mass is 32.1. The van der Waals surface area contributed by atoms with Crippen LogP contribution >= 0.6 is 11.3 Å². The largest absolute Gasteiger partial charge is 0.357 e. The van der Waals surface area contributed by atoms with Gasteiger partial charge in [0.05, 0.1) is 0 Å². The Bertz CT molecular complexity index is 495. The lowest BCUT2D eigenvalue weighted by atomic mass is 9.88. The van der Waals surface area contributed by atoms with Gasteiger partial charge in [-0.3, -0.25) is 9.89 Å². The fraction of sp³-hybridized carbons (Fsp3) is 0.722. The molecule has 0 spiro atoms. The standard InChI is InChI=1S/C18H30N4S/c1-3-19-18(21-15-8-4-9-15)20-13-14-7-5-11-22(2)17(14)16-10-6-12-23-16/h6,10,12,14-15,17H,3-5,7-9,11,13H2,1-2H3,(H2,19,20,21). The number of guanidine groups is 1. The van der Waals surface area contributed by atoms with Gasteiger partial charge in [0.1, 0.15) is 0 Å². The highest BCUT2D eigenvalue weighted by Crippen LogP contribution is 2.37. The quantitative estimate of drug-likeness (QED) is 0.641. The first kappa shape index (κ1) is 16.8. The number of piperidine rings is 1. The van der Waals surface area contributed by atoms with Gasteiger partial charge in [-0.2, -0.15) is 0 Å². The maximum absolute atomic E-state index is 4.93. The van der Waals surface area contributed by atoms with Crippen LogP contribution in [0.2, 0.25) is 0 Å². The summed E-state index contributed by atoms with van der Waals surface area (Å²) in [6.45, 7) is 5.18. The molecule has 2 fully saturated rings. The van der Waals surface area contributed by atoms with E-state index in [0.29, 0.717) is 18.0 Å². The Labute approximate surface area is 144 Å². The van der Waals surface area contributed by atoms with E-state index in [1.165, 1.54) is 43.5 Å². The van der Waals surface area contributed by atoms with Crippen LogP contribution in [0.5, 0.6) is 0 Å². The number of aliphatic imine (C=N–C) groups is 1. The van der Waals surface area contributed by atoms with Crippen LogP contribution in [0.25, 0.3) is 0 Å². The van der Waals surface area contributed by atoms with E-state index in [0.717, 1.165) is 19.0 Å². The molecule has 128 valence electrons. The summed E-state index contributed by atoms with van der Waals surface area (Å²) in [4.78, 5) is 8.93. The topological polar surface area (TPSA) is 39.7 Å². The number of hydrogen-bond donors (Lipinski definition) is 2. The molecule has 1 aromatic rings. The first-order valence-electron chi connectivity index (χ1n) is 9.06.